The Kier molecular flexibility index (Phi) is 15.8. The number of amides is 2. The number of aliphatic hydroxyl groups is 1. The number of likely N-dealkylation sites (N-methyl/N-ethyl adjacent to an activating group) is 1. The van der Waals surface area contributed by atoms with E-state index in [1.165, 1.54) is 14.0 Å². The average Bonchev–Trinajstić information content (AvgIpc) is 3.56. The Morgan fingerprint density at radius 1 is 1.02 bits per heavy atom. The van der Waals surface area contributed by atoms with Crippen molar-refractivity contribution in [3.05, 3.63) is 66.0 Å². The number of nitrogens with one attached hydrogen (secondary N) is 2. The number of carbonyl (C=O) groups excluding carboxylic acids is 4. The highest BCUT2D eigenvalue weighted by molar-refractivity contribution is 6.00. The number of ether oxygens (including phenoxy) is 6. The van der Waals surface area contributed by atoms with Crippen LogP contribution in [0, 0.1) is 23.7 Å². The summed E-state index contributed by atoms with van der Waals surface area (Å²) in [6.45, 7) is 14.5. The van der Waals surface area contributed by atoms with E-state index in [0.717, 1.165) is 22.3 Å². The van der Waals surface area contributed by atoms with Crippen LogP contribution in [0.2, 0.25) is 0 Å². The van der Waals surface area contributed by atoms with Crippen LogP contribution in [-0.2, 0) is 44.6 Å². The average molecular weight is 851 g/mol. The van der Waals surface area contributed by atoms with Gasteiger partial charge in [-0.3, -0.25) is 14.6 Å². The molecule has 3 aliphatic rings. The molecule has 61 heavy (non-hydrogen) atoms. The summed E-state index contributed by atoms with van der Waals surface area (Å²) in [5.41, 5.74) is 1.21. The number of nitrogens with zero attached hydrogens (tertiary/aromatic N) is 2. The largest absolute Gasteiger partial charge is 0.458 e. The summed E-state index contributed by atoms with van der Waals surface area (Å²) >= 11 is 0. The van der Waals surface area contributed by atoms with Gasteiger partial charge in [-0.05, 0) is 102 Å². The van der Waals surface area contributed by atoms with E-state index in [0.29, 0.717) is 6.42 Å². The van der Waals surface area contributed by atoms with Crippen LogP contribution in [0.5, 0.6) is 0 Å². The molecule has 2 aromatic rings. The maximum absolute atomic E-state index is 14.4. The maximum Gasteiger partial charge on any atom is 0.408 e. The number of esters is 1. The standard InChI is InChI=1S/C46H66N4O11/c1-12-36-46(8)39(49-44(55)61-46)28(4)34(19-22-57-43(54)48-25-31-13-15-32(16-14-31)33-17-20-47-21-18-33)26(2)24-45(7,56-11)40(29(5)37(51)30(6)41(53)59-36)60-42-38(52)35(50(9)10)23-27(3)58-42/h13-21,26-30,35-36,38-40,42,52H,12,22-25H2,1-11H3,(H,48,54)(H,49,55)/b34-19+/t26-,27-,28+,29+,30-,35+,36-,38-,39+,40-,42?,45-,46-/m1/s1. The molecule has 3 N–H and O–H groups in total. The van der Waals surface area contributed by atoms with Crippen molar-refractivity contribution in [3.63, 3.8) is 0 Å². The number of carbonyl (C=O) groups is 4. The lowest BCUT2D eigenvalue weighted by atomic mass is 9.71. The summed E-state index contributed by atoms with van der Waals surface area (Å²) in [5.74, 6) is -4.15. The first-order chi connectivity index (χ1) is 28.8. The second kappa shape index (κ2) is 20.2. The number of pyridine rings is 1. The molecule has 2 amide bonds. The molecular weight excluding hydrogens is 785 g/mol. The molecule has 0 saturated carbocycles. The third kappa shape index (κ3) is 10.8. The Morgan fingerprint density at radius 3 is 2.30 bits per heavy atom. The molecule has 15 heteroatoms. The van der Waals surface area contributed by atoms with E-state index in [-0.39, 0.29) is 44.1 Å². The topological polar surface area (TPSA) is 184 Å². The minimum absolute atomic E-state index is 0.108. The Balaban J connectivity index is 1.46. The number of Topliss-reactive ketones (excluding diaryl/α,β-unsaturated/α-hetero) is 1. The van der Waals surface area contributed by atoms with Crippen molar-refractivity contribution in [1.29, 1.82) is 0 Å². The summed E-state index contributed by atoms with van der Waals surface area (Å²) in [7, 11) is 5.29. The highest BCUT2D eigenvalue weighted by Gasteiger charge is 2.56. The summed E-state index contributed by atoms with van der Waals surface area (Å²) in [5, 5.41) is 17.3. The van der Waals surface area contributed by atoms with E-state index in [4.69, 9.17) is 28.4 Å². The Morgan fingerprint density at radius 2 is 1.67 bits per heavy atom. The van der Waals surface area contributed by atoms with E-state index >= 15 is 0 Å². The van der Waals surface area contributed by atoms with E-state index < -0.39 is 83.5 Å². The monoisotopic (exact) mass is 850 g/mol. The first kappa shape index (κ1) is 47.6. The normalized spacial score (nSPS) is 35.7. The summed E-state index contributed by atoms with van der Waals surface area (Å²) in [6.07, 6.45) is 0.779. The van der Waals surface area contributed by atoms with Gasteiger partial charge >= 0.3 is 18.2 Å². The first-order valence-corrected chi connectivity index (χ1v) is 21.4. The second-order valence-corrected chi connectivity index (χ2v) is 17.6. The van der Waals surface area contributed by atoms with Gasteiger partial charge in [0.05, 0.1) is 23.9 Å². The van der Waals surface area contributed by atoms with Gasteiger partial charge in [0.15, 0.2) is 17.7 Å². The van der Waals surface area contributed by atoms with Crippen LogP contribution in [-0.4, -0.2) is 121 Å². The Hall–Kier alpha value is -4.41. The van der Waals surface area contributed by atoms with Crippen LogP contribution >= 0.6 is 0 Å². The lowest BCUT2D eigenvalue weighted by Crippen LogP contribution is -2.59. The SMILES string of the molecule is CC[C@H]1OC(=O)[C@H](C)C(=O)[C@H](C)[C@@H](OC2O[C@H](C)C[C@H](N(C)C)[C@H]2O)[C@](C)(OC)C[C@@H](C)/C(=C\COC(=O)NCc2ccc(-c3ccncc3)cc2)[C@H](C)[C@@H]2NC(=O)O[C@]12C. The molecule has 15 nitrogen and oxygen atoms in total. The van der Waals surface area contributed by atoms with Gasteiger partial charge in [0, 0.05) is 43.9 Å². The zero-order valence-electron chi connectivity index (χ0n) is 37.5. The summed E-state index contributed by atoms with van der Waals surface area (Å²) < 4.78 is 36.9. The number of hydrogen-bond donors (Lipinski definition) is 3. The molecule has 0 aliphatic carbocycles. The number of ketones is 1. The van der Waals surface area contributed by atoms with Gasteiger partial charge in [-0.25, -0.2) is 9.59 Å². The predicted molar refractivity (Wildman–Crippen MR) is 227 cm³/mol. The number of benzene rings is 1. The minimum atomic E-state index is -1.33. The van der Waals surface area contributed by atoms with Crippen LogP contribution in [0.15, 0.2) is 60.4 Å². The number of aromatic nitrogens is 1. The molecule has 1 aromatic heterocycles. The molecule has 5 rings (SSSR count). The second-order valence-electron chi connectivity index (χ2n) is 17.6. The molecule has 1 unspecified atom stereocenters. The molecule has 4 heterocycles. The molecule has 3 saturated heterocycles. The Bertz CT molecular complexity index is 1860. The van der Waals surface area contributed by atoms with Gasteiger partial charge in [0.1, 0.15) is 24.7 Å². The van der Waals surface area contributed by atoms with Crippen LogP contribution in [0.25, 0.3) is 11.1 Å². The third-order valence-corrected chi connectivity index (χ3v) is 13.0. The molecule has 13 atom stereocenters. The summed E-state index contributed by atoms with van der Waals surface area (Å²) in [6, 6.07) is 10.7. The van der Waals surface area contributed by atoms with Gasteiger partial charge < -0.3 is 49.1 Å². The van der Waals surface area contributed by atoms with Gasteiger partial charge in [-0.2, -0.15) is 0 Å². The molecule has 336 valence electrons. The van der Waals surface area contributed by atoms with E-state index in [9.17, 15) is 24.3 Å². The van der Waals surface area contributed by atoms with Crippen LogP contribution in [0.4, 0.5) is 9.59 Å². The lowest BCUT2D eigenvalue weighted by Gasteiger charge is -2.47. The van der Waals surface area contributed by atoms with E-state index in [1.807, 2.05) is 96.1 Å². The number of alkyl carbamates (subject to hydrolysis) is 2. The number of cyclic esters (lactones) is 1. The molecular formula is C46H66N4O11. The maximum atomic E-state index is 14.4. The van der Waals surface area contributed by atoms with Gasteiger partial charge in [-0.15, -0.1) is 0 Å². The van der Waals surface area contributed by atoms with Crippen molar-refractivity contribution in [2.24, 2.45) is 23.7 Å². The highest BCUT2D eigenvalue weighted by Crippen LogP contribution is 2.43. The molecule has 3 fully saturated rings. The van der Waals surface area contributed by atoms with Gasteiger partial charge in [-0.1, -0.05) is 57.5 Å². The van der Waals surface area contributed by atoms with Crippen molar-refractivity contribution in [2.45, 2.75) is 135 Å². The quantitative estimate of drug-likeness (QED) is 0.113. The number of aliphatic hydroxyl groups excluding tert-OH is 1. The highest BCUT2D eigenvalue weighted by atomic mass is 16.7. The minimum Gasteiger partial charge on any atom is -0.458 e. The zero-order valence-corrected chi connectivity index (χ0v) is 37.5. The Labute approximate surface area is 360 Å². The fourth-order valence-corrected chi connectivity index (χ4v) is 9.42. The van der Waals surface area contributed by atoms with Crippen molar-refractivity contribution >= 4 is 23.9 Å². The molecule has 1 aromatic carbocycles. The number of hydrogen-bond acceptors (Lipinski definition) is 13. The van der Waals surface area contributed by atoms with Gasteiger partial charge in [0.2, 0.25) is 0 Å². The van der Waals surface area contributed by atoms with Crippen molar-refractivity contribution < 1.29 is 52.7 Å². The summed E-state index contributed by atoms with van der Waals surface area (Å²) in [4.78, 5) is 60.4. The fraction of sp³-hybridized carbons (Fsp3) is 0.630. The van der Waals surface area contributed by atoms with E-state index in [2.05, 4.69) is 15.6 Å². The lowest BCUT2D eigenvalue weighted by molar-refractivity contribution is -0.295. The number of methoxy groups -OCH3 is 1. The number of rotatable bonds is 10. The smallest absolute Gasteiger partial charge is 0.408 e. The van der Waals surface area contributed by atoms with Crippen LogP contribution in [0.3, 0.4) is 0 Å². The zero-order chi connectivity index (χ0) is 44.8. The first-order valence-electron chi connectivity index (χ1n) is 21.4. The number of fused-ring (bicyclic) bond motifs is 1. The molecule has 0 bridgehead atoms. The van der Waals surface area contributed by atoms with E-state index in [1.54, 1.807) is 26.2 Å². The van der Waals surface area contributed by atoms with Crippen LogP contribution in [0.1, 0.15) is 80.2 Å². The van der Waals surface area contributed by atoms with Gasteiger partial charge in [0.25, 0.3) is 0 Å². The third-order valence-electron chi connectivity index (χ3n) is 13.0. The van der Waals surface area contributed by atoms with Crippen LogP contribution < -0.4 is 10.6 Å². The van der Waals surface area contributed by atoms with Crippen molar-refractivity contribution in [1.82, 2.24) is 20.5 Å². The van der Waals surface area contributed by atoms with Crippen molar-refractivity contribution in [2.75, 3.05) is 27.8 Å². The molecule has 3 aliphatic heterocycles. The van der Waals surface area contributed by atoms with Crippen molar-refractivity contribution in [3.8, 4) is 11.1 Å². The predicted octanol–water partition coefficient (Wildman–Crippen LogP) is 5.82. The molecule has 0 spiro atoms. The fourth-order valence-electron chi connectivity index (χ4n) is 9.42. The molecule has 0 radical (unpaired) electrons.